The van der Waals surface area contributed by atoms with Crippen molar-refractivity contribution < 1.29 is 39.5 Å². The van der Waals surface area contributed by atoms with Crippen molar-refractivity contribution in [3.05, 3.63) is 58.1 Å². The van der Waals surface area contributed by atoms with E-state index in [0.29, 0.717) is 57.5 Å². The highest BCUT2D eigenvalue weighted by Crippen LogP contribution is 2.41. The van der Waals surface area contributed by atoms with Crippen molar-refractivity contribution in [3.8, 4) is 11.5 Å². The van der Waals surface area contributed by atoms with E-state index in [4.69, 9.17) is 14.0 Å². The van der Waals surface area contributed by atoms with Gasteiger partial charge in [-0.05, 0) is 95.9 Å². The largest absolute Gasteiger partial charge is 0.639 e. The molecule has 5 N–H and O–H groups in total. The summed E-state index contributed by atoms with van der Waals surface area (Å²) in [5.74, 6) is 0.863. The number of unbranched alkanes of at least 4 members (excludes halogenated alkanes) is 14. The molecule has 10 nitrogen and oxygen atoms in total. The van der Waals surface area contributed by atoms with Crippen LogP contribution in [0.2, 0.25) is 0 Å². The number of nitrogens with zero attached hydrogens (tertiary/aromatic N) is 2. The summed E-state index contributed by atoms with van der Waals surface area (Å²) in [4.78, 5) is 4.60. The van der Waals surface area contributed by atoms with E-state index in [-0.39, 0.29) is 34.9 Å². The lowest BCUT2D eigenvalue weighted by Crippen LogP contribution is -2.50. The van der Waals surface area contributed by atoms with E-state index in [1.807, 2.05) is 6.07 Å². The Bertz CT molecular complexity index is 1750. The predicted octanol–water partition coefficient (Wildman–Crippen LogP) is 13.5. The molecule has 0 aliphatic carbocycles. The van der Waals surface area contributed by atoms with Crippen LogP contribution in [0.4, 0.5) is 0 Å². The highest BCUT2D eigenvalue weighted by molar-refractivity contribution is 6.36. The molecule has 1 aliphatic rings. The van der Waals surface area contributed by atoms with Crippen LogP contribution in [0.5, 0.6) is 11.5 Å². The molecule has 3 rings (SSSR count). The number of aliphatic hydroxyl groups excluding tert-OH is 3. The Morgan fingerprint density at radius 3 is 1.68 bits per heavy atom. The fourth-order valence-corrected chi connectivity index (χ4v) is 11.2. The van der Waals surface area contributed by atoms with Crippen LogP contribution in [0, 0.1) is 0 Å². The number of hydrogen-bond donors (Lipinski definition) is 5. The van der Waals surface area contributed by atoms with Crippen molar-refractivity contribution in [1.82, 2.24) is 9.80 Å². The van der Waals surface area contributed by atoms with Crippen LogP contribution < -0.4 is 0 Å². The Morgan fingerprint density at radius 1 is 0.603 bits per heavy atom. The molecular weight excluding hydrogens is 911 g/mol. The number of rotatable bonds is 36. The van der Waals surface area contributed by atoms with E-state index in [9.17, 15) is 25.5 Å². The number of phenols is 2. The summed E-state index contributed by atoms with van der Waals surface area (Å²) in [7, 11) is -0.777. The van der Waals surface area contributed by atoms with Gasteiger partial charge in [-0.1, -0.05) is 203 Å². The fraction of sp³-hybridized carbons (Fsp3) is 0.806. The van der Waals surface area contributed by atoms with Gasteiger partial charge in [-0.25, -0.2) is 0 Å². The third-order valence-corrected chi connectivity index (χ3v) is 15.4. The molecule has 73 heavy (non-hydrogen) atoms. The Hall–Kier alpha value is -2.22. The second kappa shape index (κ2) is 34.5. The van der Waals surface area contributed by atoms with Crippen LogP contribution in [0.3, 0.4) is 0 Å². The molecule has 4 unspecified atom stereocenters. The van der Waals surface area contributed by atoms with Crippen molar-refractivity contribution >= 4 is 7.32 Å². The first-order chi connectivity index (χ1) is 34.7. The summed E-state index contributed by atoms with van der Waals surface area (Å²) in [6.07, 6.45) is 24.5. The zero-order chi connectivity index (χ0) is 53.9. The minimum absolute atomic E-state index is 0.0177. The maximum absolute atomic E-state index is 11.7. The van der Waals surface area contributed by atoms with Gasteiger partial charge >= 0.3 is 7.32 Å². The maximum Gasteiger partial charge on any atom is 0.639 e. The van der Waals surface area contributed by atoms with Crippen molar-refractivity contribution in [2.24, 2.45) is 0 Å². The second-order valence-corrected chi connectivity index (χ2v) is 24.9. The van der Waals surface area contributed by atoms with Crippen LogP contribution in [0.1, 0.15) is 245 Å². The van der Waals surface area contributed by atoms with Gasteiger partial charge in [0.2, 0.25) is 0 Å². The Kier molecular flexibility index (Phi) is 30.8. The third-order valence-electron chi connectivity index (χ3n) is 15.4. The lowest BCUT2D eigenvalue weighted by molar-refractivity contribution is -0.0109. The normalized spacial score (nSPS) is 16.2. The van der Waals surface area contributed by atoms with E-state index >= 15 is 0 Å². The number of aryl methyl sites for hydroxylation is 2. The van der Waals surface area contributed by atoms with Gasteiger partial charge in [0.25, 0.3) is 0 Å². The minimum Gasteiger partial charge on any atom is -0.508 e. The molecule has 0 aromatic heterocycles. The number of hydrogen-bond acceptors (Lipinski definition) is 10. The Labute approximate surface area is 447 Å². The first kappa shape index (κ1) is 65.1. The maximum atomic E-state index is 11.7. The highest BCUT2D eigenvalue weighted by Gasteiger charge is 2.32. The summed E-state index contributed by atoms with van der Waals surface area (Å²) in [5.41, 5.74) is 5.21. The van der Waals surface area contributed by atoms with Crippen LogP contribution >= 0.6 is 0 Å². The number of aromatic hydroxyl groups is 2. The molecule has 0 bridgehead atoms. The van der Waals surface area contributed by atoms with Crippen LogP contribution in [0.15, 0.2) is 30.3 Å². The van der Waals surface area contributed by atoms with Crippen LogP contribution in [-0.2, 0) is 43.0 Å². The second-order valence-electron chi connectivity index (χ2n) is 24.9. The zero-order valence-electron chi connectivity index (χ0n) is 48.8. The van der Waals surface area contributed by atoms with Gasteiger partial charge in [-0.15, -0.1) is 0 Å². The quantitative estimate of drug-likeness (QED) is 0.0332. The molecule has 2 aromatic rings. The molecule has 11 heteroatoms. The van der Waals surface area contributed by atoms with Gasteiger partial charge in [0.05, 0.1) is 18.8 Å². The molecule has 1 saturated heterocycles. The summed E-state index contributed by atoms with van der Waals surface area (Å²) in [5, 5.41) is 55.5. The molecule has 0 saturated carbocycles. The van der Waals surface area contributed by atoms with E-state index in [1.54, 1.807) is 0 Å². The zero-order valence-corrected chi connectivity index (χ0v) is 48.8. The molecule has 0 radical (unpaired) electrons. The highest BCUT2D eigenvalue weighted by atomic mass is 16.7. The molecular formula is C62H111BN2O8. The van der Waals surface area contributed by atoms with E-state index < -0.39 is 19.5 Å². The van der Waals surface area contributed by atoms with E-state index in [2.05, 4.69) is 110 Å². The van der Waals surface area contributed by atoms with Gasteiger partial charge < -0.3 is 39.5 Å². The molecule has 0 amide bonds. The predicted molar refractivity (Wildman–Crippen MR) is 306 cm³/mol. The number of phenolic OH excluding ortho intramolecular Hbond substituents is 2. The smallest absolute Gasteiger partial charge is 0.508 e. The van der Waals surface area contributed by atoms with Crippen molar-refractivity contribution in [2.75, 3.05) is 52.6 Å². The van der Waals surface area contributed by atoms with Gasteiger partial charge in [0.1, 0.15) is 11.5 Å². The van der Waals surface area contributed by atoms with Crippen molar-refractivity contribution in [2.45, 2.75) is 271 Å². The van der Waals surface area contributed by atoms with Crippen LogP contribution in [0.25, 0.3) is 0 Å². The topological polar surface area (TPSA) is 135 Å². The molecule has 1 fully saturated rings. The SMILES string of the molecule is CCCCCCC(C(O)CCCCCCCc1ccc(C(C)(C)C)c(O)c1C(C)(C)C)N(CCO)CCOB1OCCN(C(CCCCCC)C(O)CCCCCCCc2ccc(C(C)(C)C)c(O)c2)CCO1. The third kappa shape index (κ3) is 24.3. The summed E-state index contributed by atoms with van der Waals surface area (Å²) >= 11 is 0. The monoisotopic (exact) mass is 1020 g/mol. The average Bonchev–Trinajstić information content (AvgIpc) is 3.30. The summed E-state index contributed by atoms with van der Waals surface area (Å²) in [6.45, 7) is 27.6. The average molecular weight is 1020 g/mol. The van der Waals surface area contributed by atoms with Gasteiger partial charge in [0, 0.05) is 63.6 Å². The Balaban J connectivity index is 1.46. The standard InChI is InChI=1S/C62H111BN2O8/c1-12-14-16-26-32-53(55(67)34-29-23-19-21-25-31-50-37-39-52(61(6,7)8)59(70)58(50)62(9,10)11)64(40-44-66)41-45-71-63-72-46-42-65(43-47-73-63)54(33-27-17-15-13-2)56(68)35-28-22-18-20-24-30-49-36-38-51(57(69)48-49)60(3,4)5/h36-39,48,53-56,66-70H,12-35,40-47H2,1-11H3. The molecule has 4 atom stereocenters. The van der Waals surface area contributed by atoms with Gasteiger partial charge in [-0.2, -0.15) is 0 Å². The molecule has 1 aliphatic heterocycles. The van der Waals surface area contributed by atoms with E-state index in [1.165, 1.54) is 36.8 Å². The Morgan fingerprint density at radius 2 is 1.12 bits per heavy atom. The lowest BCUT2D eigenvalue weighted by Gasteiger charge is -2.37. The first-order valence-corrected chi connectivity index (χ1v) is 29.7. The van der Waals surface area contributed by atoms with Gasteiger partial charge in [0.15, 0.2) is 0 Å². The minimum atomic E-state index is -0.777. The van der Waals surface area contributed by atoms with Crippen molar-refractivity contribution in [3.63, 3.8) is 0 Å². The molecule has 2 aromatic carbocycles. The molecule has 1 heterocycles. The fourth-order valence-electron chi connectivity index (χ4n) is 11.2. The summed E-state index contributed by atoms with van der Waals surface area (Å²) in [6, 6.07) is 10.5. The lowest BCUT2D eigenvalue weighted by atomic mass is 9.76. The first-order valence-electron chi connectivity index (χ1n) is 29.7. The van der Waals surface area contributed by atoms with Crippen molar-refractivity contribution in [1.29, 1.82) is 0 Å². The van der Waals surface area contributed by atoms with E-state index in [0.717, 1.165) is 145 Å². The number of benzene rings is 2. The van der Waals surface area contributed by atoms with Gasteiger partial charge in [-0.3, -0.25) is 9.80 Å². The summed E-state index contributed by atoms with van der Waals surface area (Å²) < 4.78 is 18.6. The number of aliphatic hydroxyl groups is 3. The molecule has 0 spiro atoms. The van der Waals surface area contributed by atoms with Crippen LogP contribution in [-0.4, -0.2) is 120 Å². The molecule has 420 valence electrons.